The van der Waals surface area contributed by atoms with Crippen LogP contribution in [0, 0.1) is 5.92 Å². The summed E-state index contributed by atoms with van der Waals surface area (Å²) >= 11 is 1.81. The Hall–Kier alpha value is -1.62. The Labute approximate surface area is 142 Å². The minimum Gasteiger partial charge on any atom is -0.356 e. The lowest BCUT2D eigenvalue weighted by molar-refractivity contribution is 0.273. The van der Waals surface area contributed by atoms with E-state index in [9.17, 15) is 0 Å². The molecular weight excluding hydrogens is 304 g/mol. The third-order valence-corrected chi connectivity index (χ3v) is 5.58. The second-order valence-electron chi connectivity index (χ2n) is 6.32. The Balaban J connectivity index is 1.45. The van der Waals surface area contributed by atoms with Crippen molar-refractivity contribution in [2.45, 2.75) is 32.6 Å². The molecule has 5 heteroatoms. The number of guanidine groups is 1. The second kappa shape index (κ2) is 7.77. The zero-order chi connectivity index (χ0) is 16.1. The van der Waals surface area contributed by atoms with E-state index in [2.05, 4.69) is 46.4 Å². The van der Waals surface area contributed by atoms with Gasteiger partial charge < -0.3 is 10.2 Å². The van der Waals surface area contributed by atoms with Gasteiger partial charge in [0.2, 0.25) is 0 Å². The first-order valence-corrected chi connectivity index (χ1v) is 9.38. The SMILES string of the molecule is CN=C(NCCCc1nc2ccccc2s1)N1CCC(C)CC1. The summed E-state index contributed by atoms with van der Waals surface area (Å²) in [5.74, 6) is 1.91. The molecule has 2 heterocycles. The van der Waals surface area contributed by atoms with E-state index in [0.717, 1.165) is 49.9 Å². The third-order valence-electron chi connectivity index (χ3n) is 4.48. The maximum absolute atomic E-state index is 4.70. The highest BCUT2D eigenvalue weighted by atomic mass is 32.1. The van der Waals surface area contributed by atoms with Crippen LogP contribution in [-0.2, 0) is 6.42 Å². The molecule has 0 unspecified atom stereocenters. The summed E-state index contributed by atoms with van der Waals surface area (Å²) in [6.07, 6.45) is 4.66. The molecule has 4 nitrogen and oxygen atoms in total. The van der Waals surface area contributed by atoms with E-state index < -0.39 is 0 Å². The molecule has 3 rings (SSSR count). The number of nitrogens with zero attached hydrogens (tertiary/aromatic N) is 3. The van der Waals surface area contributed by atoms with Gasteiger partial charge in [0.1, 0.15) is 0 Å². The quantitative estimate of drug-likeness (QED) is 0.529. The number of hydrogen-bond donors (Lipinski definition) is 1. The predicted octanol–water partition coefficient (Wildman–Crippen LogP) is 3.54. The summed E-state index contributed by atoms with van der Waals surface area (Å²) in [5.41, 5.74) is 1.12. The van der Waals surface area contributed by atoms with Crippen LogP contribution in [-0.4, -0.2) is 42.5 Å². The number of para-hydroxylation sites is 1. The number of aliphatic imine (C=N–C) groups is 1. The fourth-order valence-electron chi connectivity index (χ4n) is 3.02. The third kappa shape index (κ3) is 4.22. The van der Waals surface area contributed by atoms with E-state index in [4.69, 9.17) is 4.98 Å². The number of fused-ring (bicyclic) bond motifs is 1. The fourth-order valence-corrected chi connectivity index (χ4v) is 4.03. The van der Waals surface area contributed by atoms with Crippen molar-refractivity contribution in [1.29, 1.82) is 0 Å². The Kier molecular flexibility index (Phi) is 5.49. The van der Waals surface area contributed by atoms with Gasteiger partial charge in [0.25, 0.3) is 0 Å². The number of hydrogen-bond acceptors (Lipinski definition) is 3. The van der Waals surface area contributed by atoms with Crippen LogP contribution in [0.3, 0.4) is 0 Å². The average molecular weight is 331 g/mol. The van der Waals surface area contributed by atoms with Gasteiger partial charge in [-0.05, 0) is 37.3 Å². The Morgan fingerprint density at radius 2 is 2.13 bits per heavy atom. The van der Waals surface area contributed by atoms with Gasteiger partial charge in [-0.25, -0.2) is 4.98 Å². The molecule has 0 radical (unpaired) electrons. The monoisotopic (exact) mass is 330 g/mol. The zero-order valence-corrected chi connectivity index (χ0v) is 14.9. The standard InChI is InChI=1S/C18H26N4S/c1-14-9-12-22(13-10-14)18(19-2)20-11-5-8-17-21-15-6-3-4-7-16(15)23-17/h3-4,6-7,14H,5,8-13H2,1-2H3,(H,19,20). The lowest BCUT2D eigenvalue weighted by Gasteiger charge is -2.32. The average Bonchev–Trinajstić information content (AvgIpc) is 2.99. The Bertz CT molecular complexity index is 623. The van der Waals surface area contributed by atoms with Gasteiger partial charge >= 0.3 is 0 Å². The Morgan fingerprint density at radius 3 is 2.87 bits per heavy atom. The molecule has 1 N–H and O–H groups in total. The van der Waals surface area contributed by atoms with Gasteiger partial charge in [-0.3, -0.25) is 4.99 Å². The lowest BCUT2D eigenvalue weighted by atomic mass is 10.00. The molecule has 124 valence electrons. The van der Waals surface area contributed by atoms with E-state index in [1.807, 2.05) is 18.4 Å². The summed E-state index contributed by atoms with van der Waals surface area (Å²) in [4.78, 5) is 11.5. The second-order valence-corrected chi connectivity index (χ2v) is 7.44. The van der Waals surface area contributed by atoms with Gasteiger partial charge in [0.15, 0.2) is 5.96 Å². The van der Waals surface area contributed by atoms with Crippen molar-refractivity contribution in [3.63, 3.8) is 0 Å². The Morgan fingerprint density at radius 1 is 1.35 bits per heavy atom. The molecule has 23 heavy (non-hydrogen) atoms. The first kappa shape index (κ1) is 16.2. The van der Waals surface area contributed by atoms with Crippen molar-refractivity contribution in [3.05, 3.63) is 29.3 Å². The molecule has 1 fully saturated rings. The maximum atomic E-state index is 4.70. The van der Waals surface area contributed by atoms with Crippen molar-refractivity contribution >= 4 is 27.5 Å². The molecule has 0 atom stereocenters. The van der Waals surface area contributed by atoms with Crippen molar-refractivity contribution < 1.29 is 0 Å². The smallest absolute Gasteiger partial charge is 0.193 e. The van der Waals surface area contributed by atoms with Crippen LogP contribution < -0.4 is 5.32 Å². The molecule has 0 amide bonds. The molecule has 0 saturated carbocycles. The molecule has 1 saturated heterocycles. The fraction of sp³-hybridized carbons (Fsp3) is 0.556. The number of nitrogens with one attached hydrogen (secondary N) is 1. The summed E-state index contributed by atoms with van der Waals surface area (Å²) in [6.45, 7) is 5.54. The number of aryl methyl sites for hydroxylation is 1. The highest BCUT2D eigenvalue weighted by molar-refractivity contribution is 7.18. The molecule has 1 aliphatic rings. The number of likely N-dealkylation sites (tertiary alicyclic amines) is 1. The number of piperidine rings is 1. The summed E-state index contributed by atoms with van der Waals surface area (Å²) in [5, 5.41) is 4.74. The van der Waals surface area contributed by atoms with Crippen LogP contribution >= 0.6 is 11.3 Å². The van der Waals surface area contributed by atoms with Gasteiger partial charge in [0.05, 0.1) is 15.2 Å². The molecule has 1 aromatic carbocycles. The van der Waals surface area contributed by atoms with E-state index in [1.165, 1.54) is 22.5 Å². The molecule has 0 spiro atoms. The highest BCUT2D eigenvalue weighted by Gasteiger charge is 2.18. The summed E-state index contributed by atoms with van der Waals surface area (Å²) in [6, 6.07) is 8.37. The van der Waals surface area contributed by atoms with Gasteiger partial charge in [-0.15, -0.1) is 11.3 Å². The van der Waals surface area contributed by atoms with Crippen LogP contribution in [0.25, 0.3) is 10.2 Å². The van der Waals surface area contributed by atoms with E-state index in [1.54, 1.807) is 0 Å². The molecule has 0 aliphatic carbocycles. The van der Waals surface area contributed by atoms with Crippen LogP contribution in [0.15, 0.2) is 29.3 Å². The summed E-state index contributed by atoms with van der Waals surface area (Å²) in [7, 11) is 1.88. The minimum absolute atomic E-state index is 0.850. The van der Waals surface area contributed by atoms with Crippen LogP contribution in [0.2, 0.25) is 0 Å². The number of thiazole rings is 1. The van der Waals surface area contributed by atoms with Gasteiger partial charge in [0, 0.05) is 33.1 Å². The van der Waals surface area contributed by atoms with Gasteiger partial charge in [-0.1, -0.05) is 19.1 Å². The van der Waals surface area contributed by atoms with E-state index in [-0.39, 0.29) is 0 Å². The highest BCUT2D eigenvalue weighted by Crippen LogP contribution is 2.22. The normalized spacial score (nSPS) is 17.0. The summed E-state index contributed by atoms with van der Waals surface area (Å²) < 4.78 is 1.29. The first-order chi connectivity index (χ1) is 11.3. The number of benzene rings is 1. The lowest BCUT2D eigenvalue weighted by Crippen LogP contribution is -2.45. The predicted molar refractivity (Wildman–Crippen MR) is 99.3 cm³/mol. The first-order valence-electron chi connectivity index (χ1n) is 8.56. The number of rotatable bonds is 4. The topological polar surface area (TPSA) is 40.5 Å². The van der Waals surface area contributed by atoms with E-state index in [0.29, 0.717) is 0 Å². The van der Waals surface area contributed by atoms with Crippen molar-refractivity contribution in [3.8, 4) is 0 Å². The zero-order valence-electron chi connectivity index (χ0n) is 14.1. The molecule has 1 aromatic heterocycles. The molecule has 2 aromatic rings. The molecular formula is C18H26N4S. The van der Waals surface area contributed by atoms with Crippen LogP contribution in [0.1, 0.15) is 31.2 Å². The van der Waals surface area contributed by atoms with Crippen LogP contribution in [0.5, 0.6) is 0 Å². The van der Waals surface area contributed by atoms with E-state index >= 15 is 0 Å². The van der Waals surface area contributed by atoms with Crippen molar-refractivity contribution in [1.82, 2.24) is 15.2 Å². The van der Waals surface area contributed by atoms with Crippen molar-refractivity contribution in [2.24, 2.45) is 10.9 Å². The largest absolute Gasteiger partial charge is 0.356 e. The molecule has 1 aliphatic heterocycles. The number of aromatic nitrogens is 1. The minimum atomic E-state index is 0.850. The molecule has 0 bridgehead atoms. The van der Waals surface area contributed by atoms with Crippen molar-refractivity contribution in [2.75, 3.05) is 26.7 Å². The van der Waals surface area contributed by atoms with Crippen LogP contribution in [0.4, 0.5) is 0 Å². The van der Waals surface area contributed by atoms with Gasteiger partial charge in [-0.2, -0.15) is 0 Å². The maximum Gasteiger partial charge on any atom is 0.193 e.